The van der Waals surface area contributed by atoms with E-state index < -0.39 is 0 Å². The average Bonchev–Trinajstić information content (AvgIpc) is 2.85. The summed E-state index contributed by atoms with van der Waals surface area (Å²) in [5.41, 5.74) is 0. The molecule has 0 aliphatic heterocycles. The Hall–Kier alpha value is -1.10. The van der Waals surface area contributed by atoms with Gasteiger partial charge in [0.2, 0.25) is 5.89 Å². The van der Waals surface area contributed by atoms with Crippen LogP contribution in [0.3, 0.4) is 0 Å². The van der Waals surface area contributed by atoms with Crippen molar-refractivity contribution in [3.8, 4) is 0 Å². The van der Waals surface area contributed by atoms with Gasteiger partial charge < -0.3 is 15.1 Å². The molecule has 0 radical (unpaired) electrons. The molecule has 1 aliphatic carbocycles. The number of nitrogens with zero attached hydrogens (tertiary/aromatic N) is 2. The minimum atomic E-state index is 0.546. The number of rotatable bonds is 5. The van der Waals surface area contributed by atoms with Crippen LogP contribution in [0.1, 0.15) is 32.1 Å². The molecular formula is C11H20N4O. The Labute approximate surface area is 96.0 Å². The molecule has 2 rings (SSSR count). The monoisotopic (exact) mass is 224 g/mol. The largest absolute Gasteiger partial charge is 0.407 e. The molecule has 16 heavy (non-hydrogen) atoms. The van der Waals surface area contributed by atoms with Crippen LogP contribution in [0.5, 0.6) is 0 Å². The smallest absolute Gasteiger partial charge is 0.315 e. The van der Waals surface area contributed by atoms with Crippen LogP contribution in [0.15, 0.2) is 4.42 Å². The molecule has 0 bridgehead atoms. The number of nitrogens with one attached hydrogen (secondary N) is 2. The van der Waals surface area contributed by atoms with E-state index in [1.807, 2.05) is 7.05 Å². The number of aromatic nitrogens is 2. The van der Waals surface area contributed by atoms with Crippen molar-refractivity contribution in [1.82, 2.24) is 15.5 Å². The van der Waals surface area contributed by atoms with Crippen molar-refractivity contribution in [2.75, 3.05) is 18.9 Å². The lowest BCUT2D eigenvalue weighted by Gasteiger charge is -2.08. The standard InChI is InChI=1S/C11H20N4O/c1-8-3-4-9(5-8)6-13-11-15-14-10(16-11)7-12-2/h8-9,12H,3-7H2,1-2H3,(H,13,15). The lowest BCUT2D eigenvalue weighted by Crippen LogP contribution is -2.11. The fourth-order valence-electron chi connectivity index (χ4n) is 2.29. The first-order valence-electron chi connectivity index (χ1n) is 5.98. The van der Waals surface area contributed by atoms with Crippen molar-refractivity contribution in [2.24, 2.45) is 11.8 Å². The minimum absolute atomic E-state index is 0.546. The maximum Gasteiger partial charge on any atom is 0.315 e. The van der Waals surface area contributed by atoms with Crippen LogP contribution >= 0.6 is 0 Å². The van der Waals surface area contributed by atoms with Crippen molar-refractivity contribution in [1.29, 1.82) is 0 Å². The molecule has 0 amide bonds. The molecule has 1 saturated carbocycles. The van der Waals surface area contributed by atoms with Crippen LogP contribution < -0.4 is 10.6 Å². The van der Waals surface area contributed by atoms with E-state index in [9.17, 15) is 0 Å². The topological polar surface area (TPSA) is 63.0 Å². The quantitative estimate of drug-likeness (QED) is 0.796. The molecule has 2 atom stereocenters. The molecule has 0 saturated heterocycles. The third-order valence-corrected chi connectivity index (χ3v) is 3.14. The van der Waals surface area contributed by atoms with Gasteiger partial charge in [-0.2, -0.15) is 0 Å². The number of anilines is 1. The second-order valence-corrected chi connectivity index (χ2v) is 4.70. The Morgan fingerprint density at radius 1 is 1.38 bits per heavy atom. The molecule has 5 heteroatoms. The fourth-order valence-corrected chi connectivity index (χ4v) is 2.29. The average molecular weight is 224 g/mol. The lowest BCUT2D eigenvalue weighted by molar-refractivity contribution is 0.479. The normalized spacial score (nSPS) is 24.9. The summed E-state index contributed by atoms with van der Waals surface area (Å²) in [6.07, 6.45) is 3.97. The molecule has 5 nitrogen and oxygen atoms in total. The van der Waals surface area contributed by atoms with Gasteiger partial charge in [0.1, 0.15) is 0 Å². The van der Waals surface area contributed by atoms with Gasteiger partial charge in [-0.3, -0.25) is 0 Å². The van der Waals surface area contributed by atoms with Crippen molar-refractivity contribution in [3.63, 3.8) is 0 Å². The summed E-state index contributed by atoms with van der Waals surface area (Å²) in [4.78, 5) is 0. The molecule has 0 aromatic carbocycles. The van der Waals surface area contributed by atoms with Gasteiger partial charge >= 0.3 is 6.01 Å². The van der Waals surface area contributed by atoms with Gasteiger partial charge in [0.25, 0.3) is 0 Å². The first-order valence-corrected chi connectivity index (χ1v) is 5.98. The molecule has 90 valence electrons. The Kier molecular flexibility index (Phi) is 3.77. The highest BCUT2D eigenvalue weighted by atomic mass is 16.4. The van der Waals surface area contributed by atoms with Crippen molar-refractivity contribution in [2.45, 2.75) is 32.7 Å². The second kappa shape index (κ2) is 5.30. The fraction of sp³-hybridized carbons (Fsp3) is 0.818. The van der Waals surface area contributed by atoms with Gasteiger partial charge in [-0.25, -0.2) is 0 Å². The Morgan fingerprint density at radius 2 is 2.25 bits per heavy atom. The molecule has 1 heterocycles. The van der Waals surface area contributed by atoms with Gasteiger partial charge in [0.05, 0.1) is 6.54 Å². The molecular weight excluding hydrogens is 204 g/mol. The molecule has 1 aromatic rings. The van der Waals surface area contributed by atoms with Crippen molar-refractivity contribution < 1.29 is 4.42 Å². The third-order valence-electron chi connectivity index (χ3n) is 3.14. The molecule has 1 aromatic heterocycles. The highest BCUT2D eigenvalue weighted by Gasteiger charge is 2.21. The summed E-state index contributed by atoms with van der Waals surface area (Å²) in [6, 6.07) is 0.546. The molecule has 1 fully saturated rings. The predicted molar refractivity (Wildman–Crippen MR) is 62.1 cm³/mol. The van der Waals surface area contributed by atoms with Crippen LogP contribution in [0.2, 0.25) is 0 Å². The Morgan fingerprint density at radius 3 is 2.94 bits per heavy atom. The first-order chi connectivity index (χ1) is 7.78. The Balaban J connectivity index is 1.76. The first kappa shape index (κ1) is 11.4. The predicted octanol–water partition coefficient (Wildman–Crippen LogP) is 1.64. The van der Waals surface area contributed by atoms with E-state index in [-0.39, 0.29) is 0 Å². The zero-order valence-corrected chi connectivity index (χ0v) is 9.99. The van der Waals surface area contributed by atoms with E-state index in [0.29, 0.717) is 18.5 Å². The van der Waals surface area contributed by atoms with E-state index in [1.54, 1.807) is 0 Å². The summed E-state index contributed by atoms with van der Waals surface area (Å²) in [5.74, 6) is 2.26. The minimum Gasteiger partial charge on any atom is -0.407 e. The van der Waals surface area contributed by atoms with Gasteiger partial charge in [0, 0.05) is 6.54 Å². The van der Waals surface area contributed by atoms with Gasteiger partial charge in [-0.1, -0.05) is 18.4 Å². The number of hydrogen-bond acceptors (Lipinski definition) is 5. The summed E-state index contributed by atoms with van der Waals surface area (Å²) in [7, 11) is 1.86. The van der Waals surface area contributed by atoms with E-state index in [4.69, 9.17) is 4.42 Å². The summed E-state index contributed by atoms with van der Waals surface area (Å²) in [6.45, 7) is 3.89. The third kappa shape index (κ3) is 2.95. The van der Waals surface area contributed by atoms with Gasteiger partial charge in [-0.15, -0.1) is 5.10 Å². The maximum atomic E-state index is 5.41. The molecule has 1 aliphatic rings. The maximum absolute atomic E-state index is 5.41. The Bertz CT molecular complexity index is 326. The van der Waals surface area contributed by atoms with E-state index in [1.165, 1.54) is 19.3 Å². The zero-order chi connectivity index (χ0) is 11.4. The highest BCUT2D eigenvalue weighted by Crippen LogP contribution is 2.30. The van der Waals surface area contributed by atoms with Crippen LogP contribution in [0.25, 0.3) is 0 Å². The molecule has 0 spiro atoms. The van der Waals surface area contributed by atoms with Gasteiger partial charge in [0.15, 0.2) is 0 Å². The van der Waals surface area contributed by atoms with Gasteiger partial charge in [-0.05, 0) is 31.7 Å². The lowest BCUT2D eigenvalue weighted by atomic mass is 10.1. The van der Waals surface area contributed by atoms with Crippen molar-refractivity contribution >= 4 is 6.01 Å². The van der Waals surface area contributed by atoms with E-state index in [2.05, 4.69) is 27.8 Å². The zero-order valence-electron chi connectivity index (χ0n) is 9.99. The SMILES string of the molecule is CNCc1nnc(NCC2CCC(C)C2)o1. The van der Waals surface area contributed by atoms with E-state index >= 15 is 0 Å². The van der Waals surface area contributed by atoms with E-state index in [0.717, 1.165) is 18.4 Å². The summed E-state index contributed by atoms with van der Waals surface area (Å²) >= 11 is 0. The summed E-state index contributed by atoms with van der Waals surface area (Å²) < 4.78 is 5.41. The van der Waals surface area contributed by atoms with Crippen LogP contribution in [0, 0.1) is 11.8 Å². The molecule has 2 unspecified atom stereocenters. The highest BCUT2D eigenvalue weighted by molar-refractivity contribution is 5.17. The van der Waals surface area contributed by atoms with Crippen LogP contribution in [-0.2, 0) is 6.54 Å². The number of hydrogen-bond donors (Lipinski definition) is 2. The second-order valence-electron chi connectivity index (χ2n) is 4.70. The van der Waals surface area contributed by atoms with Crippen LogP contribution in [-0.4, -0.2) is 23.8 Å². The van der Waals surface area contributed by atoms with Crippen LogP contribution in [0.4, 0.5) is 6.01 Å². The molecule has 2 N–H and O–H groups in total. The summed E-state index contributed by atoms with van der Waals surface area (Å²) in [5, 5.41) is 14.1. The van der Waals surface area contributed by atoms with Crippen molar-refractivity contribution in [3.05, 3.63) is 5.89 Å².